The number of nitrogens with one attached hydrogen (secondary N) is 3. The van der Waals surface area contributed by atoms with Gasteiger partial charge in [0.1, 0.15) is 23.3 Å². The molecule has 2 rings (SSSR count). The molecule has 1 atom stereocenters. The van der Waals surface area contributed by atoms with Crippen LogP contribution < -0.4 is 16.0 Å². The fraction of sp³-hybridized carbons (Fsp3) is 0.364. The van der Waals surface area contributed by atoms with E-state index in [1.54, 1.807) is 20.8 Å². The van der Waals surface area contributed by atoms with Gasteiger partial charge in [-0.25, -0.2) is 22.0 Å². The van der Waals surface area contributed by atoms with Crippen molar-refractivity contribution in [2.45, 2.75) is 50.8 Å². The highest BCUT2D eigenvalue weighted by Gasteiger charge is 2.23. The summed E-state index contributed by atoms with van der Waals surface area (Å²) in [4.78, 5) is 24.4. The first kappa shape index (κ1) is 26.0. The Hall–Kier alpha value is -3.21. The summed E-state index contributed by atoms with van der Waals surface area (Å²) in [6.45, 7) is 6.35. The van der Waals surface area contributed by atoms with Crippen molar-refractivity contribution in [2.75, 3.05) is 16.9 Å². The van der Waals surface area contributed by atoms with Gasteiger partial charge in [-0.1, -0.05) is 6.07 Å². The minimum absolute atomic E-state index is 0.0440. The van der Waals surface area contributed by atoms with Crippen LogP contribution in [0.1, 0.15) is 33.3 Å². The molecule has 180 valence electrons. The van der Waals surface area contributed by atoms with Gasteiger partial charge in [-0.05, 0) is 57.5 Å². The second-order valence-corrected chi connectivity index (χ2v) is 10.4. The Balaban J connectivity index is 2.27. The summed E-state index contributed by atoms with van der Waals surface area (Å²) in [6, 6.07) is 6.15. The number of carbonyl (C=O) groups is 2. The van der Waals surface area contributed by atoms with E-state index in [0.717, 1.165) is 24.5 Å². The molecule has 2 aromatic carbocycles. The van der Waals surface area contributed by atoms with E-state index in [4.69, 9.17) is 4.74 Å². The molecule has 0 saturated carbocycles. The number of halogens is 2. The first-order valence-electron chi connectivity index (χ1n) is 9.98. The molecule has 2 aromatic rings. The van der Waals surface area contributed by atoms with Crippen LogP contribution in [0.15, 0.2) is 41.3 Å². The molecular formula is C22H27F2N3O5S. The predicted octanol–water partition coefficient (Wildman–Crippen LogP) is 3.83. The van der Waals surface area contributed by atoms with Gasteiger partial charge >= 0.3 is 6.09 Å². The zero-order valence-corrected chi connectivity index (χ0v) is 19.8. The molecule has 0 aliphatic heterocycles. The van der Waals surface area contributed by atoms with E-state index in [2.05, 4.69) is 16.0 Å². The van der Waals surface area contributed by atoms with Crippen molar-refractivity contribution in [3.05, 3.63) is 53.6 Å². The van der Waals surface area contributed by atoms with Crippen LogP contribution in [0.25, 0.3) is 0 Å². The number of amides is 2. The van der Waals surface area contributed by atoms with Gasteiger partial charge in [-0.2, -0.15) is 0 Å². The molecule has 33 heavy (non-hydrogen) atoms. The van der Waals surface area contributed by atoms with Gasteiger partial charge in [-0.3, -0.25) is 4.79 Å². The third-order valence-corrected chi connectivity index (χ3v) is 5.34. The third kappa shape index (κ3) is 8.01. The number of sulfone groups is 1. The highest BCUT2D eigenvalue weighted by Crippen LogP contribution is 2.31. The van der Waals surface area contributed by atoms with Crippen LogP contribution in [0.2, 0.25) is 0 Å². The van der Waals surface area contributed by atoms with E-state index < -0.39 is 45.1 Å². The van der Waals surface area contributed by atoms with Crippen LogP contribution in [-0.4, -0.2) is 38.3 Å². The highest BCUT2D eigenvalue weighted by atomic mass is 32.2. The number of alkyl carbamates (subject to hydrolysis) is 1. The molecule has 0 bridgehead atoms. The third-order valence-electron chi connectivity index (χ3n) is 4.20. The Morgan fingerprint density at radius 1 is 1.09 bits per heavy atom. The summed E-state index contributed by atoms with van der Waals surface area (Å²) in [7, 11) is -3.72. The van der Waals surface area contributed by atoms with Crippen molar-refractivity contribution in [3.63, 3.8) is 0 Å². The number of rotatable bonds is 7. The zero-order valence-electron chi connectivity index (χ0n) is 19.0. The van der Waals surface area contributed by atoms with Crippen LogP contribution >= 0.6 is 0 Å². The molecule has 11 heteroatoms. The number of para-hydroxylation sites is 1. The largest absolute Gasteiger partial charge is 0.444 e. The van der Waals surface area contributed by atoms with E-state index in [1.807, 2.05) is 0 Å². The maximum Gasteiger partial charge on any atom is 0.408 e. The van der Waals surface area contributed by atoms with E-state index in [9.17, 15) is 26.8 Å². The number of carbonyl (C=O) groups excluding carboxylic acids is 2. The van der Waals surface area contributed by atoms with Crippen LogP contribution in [0.5, 0.6) is 0 Å². The van der Waals surface area contributed by atoms with Gasteiger partial charge in [0.15, 0.2) is 9.84 Å². The average molecular weight is 484 g/mol. The summed E-state index contributed by atoms with van der Waals surface area (Å²) in [6.07, 6.45) is 0.203. The quantitative estimate of drug-likeness (QED) is 0.552. The summed E-state index contributed by atoms with van der Waals surface area (Å²) >= 11 is 0. The fourth-order valence-corrected chi connectivity index (χ4v) is 3.70. The lowest BCUT2D eigenvalue weighted by Crippen LogP contribution is -2.44. The lowest BCUT2D eigenvalue weighted by Gasteiger charge is -2.22. The predicted molar refractivity (Wildman–Crippen MR) is 121 cm³/mol. The van der Waals surface area contributed by atoms with Crippen molar-refractivity contribution >= 4 is 33.2 Å². The maximum atomic E-state index is 13.5. The Morgan fingerprint density at radius 3 is 2.24 bits per heavy atom. The van der Waals surface area contributed by atoms with Gasteiger partial charge in [-0.15, -0.1) is 0 Å². The zero-order chi connectivity index (χ0) is 25.0. The van der Waals surface area contributed by atoms with Gasteiger partial charge in [0.25, 0.3) is 0 Å². The molecular weight excluding hydrogens is 456 g/mol. The lowest BCUT2D eigenvalue weighted by molar-refractivity contribution is -0.117. The molecule has 0 fully saturated rings. The molecule has 0 heterocycles. The topological polar surface area (TPSA) is 114 Å². The minimum atomic E-state index is -3.72. The van der Waals surface area contributed by atoms with Crippen LogP contribution in [0.3, 0.4) is 0 Å². The number of ether oxygens (including phenoxy) is 1. The fourth-order valence-electron chi connectivity index (χ4n) is 2.82. The van der Waals surface area contributed by atoms with Crippen molar-refractivity contribution in [1.29, 1.82) is 0 Å². The molecule has 8 nitrogen and oxygen atoms in total. The monoisotopic (exact) mass is 483 g/mol. The molecule has 3 N–H and O–H groups in total. The Kier molecular flexibility index (Phi) is 8.02. The minimum Gasteiger partial charge on any atom is -0.444 e. The van der Waals surface area contributed by atoms with Gasteiger partial charge in [0, 0.05) is 18.9 Å². The van der Waals surface area contributed by atoms with Crippen molar-refractivity contribution in [2.24, 2.45) is 0 Å². The summed E-state index contributed by atoms with van der Waals surface area (Å²) < 4.78 is 56.7. The smallest absolute Gasteiger partial charge is 0.408 e. The number of anilines is 2. The van der Waals surface area contributed by atoms with E-state index in [1.165, 1.54) is 25.1 Å². The van der Waals surface area contributed by atoms with Gasteiger partial charge in [0.2, 0.25) is 5.91 Å². The molecule has 0 spiro atoms. The summed E-state index contributed by atoms with van der Waals surface area (Å²) in [5.41, 5.74) is -0.370. The highest BCUT2D eigenvalue weighted by molar-refractivity contribution is 7.90. The standard InChI is InChI=1S/C22H27F2N3O5S/c1-13(26-21(29)32-22(2,3)4)20(28)27-17-7-6-8-18(33(5,30)31)19(17)25-12-14-9-15(23)11-16(24)10-14/h6-11,13,25H,12H2,1-5H3,(H,26,29)(H,27,28)/t13-/m0/s1. The maximum absolute atomic E-state index is 13.5. The first-order chi connectivity index (χ1) is 15.2. The molecule has 0 saturated heterocycles. The van der Waals surface area contributed by atoms with Crippen molar-refractivity contribution in [3.8, 4) is 0 Å². The Labute approximate surface area is 191 Å². The Morgan fingerprint density at radius 2 is 1.70 bits per heavy atom. The molecule has 2 amide bonds. The van der Waals surface area contributed by atoms with Gasteiger partial charge in [0.05, 0.1) is 16.3 Å². The number of benzene rings is 2. The molecule has 0 aromatic heterocycles. The first-order valence-corrected chi connectivity index (χ1v) is 11.9. The second kappa shape index (κ2) is 10.2. The lowest BCUT2D eigenvalue weighted by atomic mass is 10.2. The second-order valence-electron chi connectivity index (χ2n) is 8.44. The molecule has 0 aliphatic carbocycles. The normalized spacial score (nSPS) is 12.6. The van der Waals surface area contributed by atoms with Gasteiger partial charge < -0.3 is 20.7 Å². The van der Waals surface area contributed by atoms with Crippen molar-refractivity contribution in [1.82, 2.24) is 5.32 Å². The average Bonchev–Trinajstić information content (AvgIpc) is 2.63. The molecule has 0 aliphatic rings. The number of hydrogen-bond acceptors (Lipinski definition) is 6. The molecule has 0 unspecified atom stereocenters. The van der Waals surface area contributed by atoms with Crippen molar-refractivity contribution < 1.29 is 31.5 Å². The van der Waals surface area contributed by atoms with Crippen LogP contribution in [0.4, 0.5) is 25.0 Å². The summed E-state index contributed by atoms with van der Waals surface area (Å²) in [5, 5.41) is 7.80. The Bertz CT molecular complexity index is 1130. The van der Waals surface area contributed by atoms with E-state index in [-0.39, 0.29) is 28.4 Å². The number of hydrogen-bond donors (Lipinski definition) is 3. The van der Waals surface area contributed by atoms with Crippen LogP contribution in [-0.2, 0) is 25.9 Å². The van der Waals surface area contributed by atoms with Crippen LogP contribution in [0, 0.1) is 11.6 Å². The molecule has 0 radical (unpaired) electrons. The van der Waals surface area contributed by atoms with E-state index in [0.29, 0.717) is 0 Å². The van der Waals surface area contributed by atoms with E-state index >= 15 is 0 Å². The SMILES string of the molecule is C[C@H](NC(=O)OC(C)(C)C)C(=O)Nc1cccc(S(C)(=O)=O)c1NCc1cc(F)cc(F)c1. The summed E-state index contributed by atoms with van der Waals surface area (Å²) in [5.74, 6) is -2.19.